The quantitative estimate of drug-likeness (QED) is 0.0267. The molecule has 2 aromatic heterocycles. The first-order chi connectivity index (χ1) is 39.3. The number of aliphatic carboxylic acids is 2. The van der Waals surface area contributed by atoms with Gasteiger partial charge in [-0.15, -0.1) is 0 Å². The van der Waals surface area contributed by atoms with Crippen LogP contribution < -0.4 is 10.6 Å². The van der Waals surface area contributed by atoms with Crippen LogP contribution in [0.2, 0.25) is 0 Å². The average molecular weight is 1160 g/mol. The van der Waals surface area contributed by atoms with Gasteiger partial charge in [0.15, 0.2) is 0 Å². The molecule has 2 heterocycles. The fourth-order valence-electron chi connectivity index (χ4n) is 10.4. The Hall–Kier alpha value is -7.28. The number of rotatable bonds is 24. The minimum atomic E-state index is -1.18. The van der Waals surface area contributed by atoms with Crippen molar-refractivity contribution in [1.29, 1.82) is 0 Å². The molecule has 8 rings (SSSR count). The van der Waals surface area contributed by atoms with Crippen molar-refractivity contribution in [3.8, 4) is 44.8 Å². The Morgan fingerprint density at radius 2 is 0.735 bits per heavy atom. The topological polar surface area (TPSA) is 224 Å². The number of carboxylic acids is 2. The molecule has 8 N–H and O–H groups in total. The maximum Gasteiger partial charge on any atom is 0.305 e. The number of hydrogen-bond acceptors (Lipinski definition) is 8. The third-order valence-electron chi connectivity index (χ3n) is 13.9. The molecule has 17 heteroatoms. The summed E-state index contributed by atoms with van der Waals surface area (Å²) in [6.45, 7) is 8.50. The van der Waals surface area contributed by atoms with E-state index in [9.17, 15) is 48.4 Å². The first-order valence-electron chi connectivity index (χ1n) is 27.3. The van der Waals surface area contributed by atoms with Crippen LogP contribution in [0.4, 0.5) is 20.2 Å². The van der Waals surface area contributed by atoms with Crippen molar-refractivity contribution in [1.82, 2.24) is 9.13 Å². The van der Waals surface area contributed by atoms with E-state index in [2.05, 4.69) is 10.6 Å². The van der Waals surface area contributed by atoms with Crippen molar-refractivity contribution in [3.05, 3.63) is 204 Å². The Morgan fingerprint density at radius 3 is 1.02 bits per heavy atom. The van der Waals surface area contributed by atoms with Crippen molar-refractivity contribution in [3.63, 3.8) is 0 Å². The van der Waals surface area contributed by atoms with Crippen LogP contribution in [0.1, 0.15) is 110 Å². The van der Waals surface area contributed by atoms with E-state index in [1.54, 1.807) is 24.3 Å². The van der Waals surface area contributed by atoms with E-state index in [0.717, 1.165) is 22.5 Å². The van der Waals surface area contributed by atoms with E-state index in [1.165, 1.54) is 24.3 Å². The molecule has 0 bridgehead atoms. The zero-order valence-electron chi connectivity index (χ0n) is 47.0. The predicted octanol–water partition coefficient (Wildman–Crippen LogP) is 12.2. The first-order valence-corrected chi connectivity index (χ1v) is 27.3. The maximum absolute atomic E-state index is 14.0. The van der Waals surface area contributed by atoms with Crippen LogP contribution in [-0.4, -0.2) is 126 Å². The number of aliphatic hydroxyl groups excluding tert-OH is 4. The van der Waals surface area contributed by atoms with Crippen LogP contribution >= 0.6 is 0 Å². The van der Waals surface area contributed by atoms with Gasteiger partial charge in [0, 0.05) is 84.7 Å². The number of amides is 2. The fraction of sp³-hybridized carbons (Fsp3) is 0.273. The number of carbonyl (C=O) groups is 4. The van der Waals surface area contributed by atoms with Crippen LogP contribution in [0.5, 0.6) is 0 Å². The number of nitrogens with zero attached hydrogens (tertiary/aromatic N) is 2. The Balaban J connectivity index is 0.000000263. The molecule has 0 fully saturated rings. The van der Waals surface area contributed by atoms with E-state index < -0.39 is 49.2 Å². The first kappa shape index (κ1) is 64.9. The summed E-state index contributed by atoms with van der Waals surface area (Å²) in [5.41, 5.74) is 9.55. The van der Waals surface area contributed by atoms with Crippen molar-refractivity contribution < 1.29 is 58.6 Å². The summed E-state index contributed by atoms with van der Waals surface area (Å²) in [5, 5.41) is 65.6. The van der Waals surface area contributed by atoms with Crippen molar-refractivity contribution in [2.75, 3.05) is 10.6 Å². The van der Waals surface area contributed by atoms with Gasteiger partial charge in [0.05, 0.1) is 59.8 Å². The Labute approximate surface area is 512 Å². The molecule has 0 saturated heterocycles. The third-order valence-corrected chi connectivity index (χ3v) is 13.9. The average Bonchev–Trinajstić information content (AvgIpc) is 3.14. The smallest absolute Gasteiger partial charge is 0.305 e. The van der Waals surface area contributed by atoms with E-state index >= 15 is 0 Å². The molecule has 83 heavy (non-hydrogen) atoms. The summed E-state index contributed by atoms with van der Waals surface area (Å²) in [5.74, 6) is -3.87. The number of carbonyl (C=O) groups excluding carboxylic acids is 2. The maximum atomic E-state index is 14.0. The minimum Gasteiger partial charge on any atom is -0.481 e. The standard InChI is InChI=1S/2C33H35FN2O5.Ca/c2*1-21(2)31-30(33(41)35-25-11-7-4-8-12-25)29(22-9-5-3-6-10-22)32(23-13-15-24(34)16-14-23)36(31)18-17-26(37)19-27(38)20-28(39)40;/h2*3-16,21,26-27,37-38H,17-20H2,1-2H3,(H,35,41)(H,39,40);/t2*26-,27+;/m11./s1. The number of anilines is 2. The third kappa shape index (κ3) is 17.4. The summed E-state index contributed by atoms with van der Waals surface area (Å²) >= 11 is 0. The van der Waals surface area contributed by atoms with Gasteiger partial charge in [0.2, 0.25) is 0 Å². The molecule has 0 aliphatic rings. The Morgan fingerprint density at radius 1 is 0.434 bits per heavy atom. The molecule has 0 aliphatic heterocycles. The van der Waals surface area contributed by atoms with E-state index in [1.807, 2.05) is 158 Å². The fourth-order valence-corrected chi connectivity index (χ4v) is 10.4. The number of aliphatic hydroxyl groups is 4. The van der Waals surface area contributed by atoms with Gasteiger partial charge >= 0.3 is 11.9 Å². The molecule has 8 aromatic rings. The normalized spacial score (nSPS) is 12.6. The van der Waals surface area contributed by atoms with Crippen LogP contribution in [0.25, 0.3) is 44.8 Å². The number of para-hydroxylation sites is 2. The number of nitrogens with one attached hydrogen (secondary N) is 2. The van der Waals surface area contributed by atoms with Crippen LogP contribution in [-0.2, 0) is 22.7 Å². The van der Waals surface area contributed by atoms with Crippen LogP contribution in [0.15, 0.2) is 170 Å². The largest absolute Gasteiger partial charge is 0.481 e. The summed E-state index contributed by atoms with van der Waals surface area (Å²) in [6, 6.07) is 49.6. The number of aromatic nitrogens is 2. The van der Waals surface area contributed by atoms with Gasteiger partial charge < -0.3 is 50.4 Å². The molecular formula is C66H70CaF2N4O10. The number of halogens is 2. The molecule has 0 spiro atoms. The molecule has 0 aliphatic carbocycles. The van der Waals surface area contributed by atoms with Gasteiger partial charge in [-0.2, -0.15) is 0 Å². The van der Waals surface area contributed by atoms with Gasteiger partial charge in [0.25, 0.3) is 11.8 Å². The van der Waals surface area contributed by atoms with Crippen molar-refractivity contribution >= 4 is 72.9 Å². The molecule has 2 amide bonds. The predicted molar refractivity (Wildman–Crippen MR) is 320 cm³/mol. The Bertz CT molecular complexity index is 3170. The number of benzene rings is 6. The number of carboxylic acid groups (broad SMARTS) is 2. The van der Waals surface area contributed by atoms with E-state index in [0.29, 0.717) is 56.1 Å². The molecular weight excluding hydrogens is 1090 g/mol. The minimum absolute atomic E-state index is 0. The van der Waals surface area contributed by atoms with E-state index in [4.69, 9.17) is 10.2 Å². The zero-order valence-corrected chi connectivity index (χ0v) is 49.2. The molecule has 430 valence electrons. The summed E-state index contributed by atoms with van der Waals surface area (Å²) in [6.07, 6.45) is -5.01. The van der Waals surface area contributed by atoms with Gasteiger partial charge in [-0.3, -0.25) is 19.2 Å². The van der Waals surface area contributed by atoms with Gasteiger partial charge in [-0.25, -0.2) is 8.78 Å². The molecule has 4 atom stereocenters. The second kappa shape index (κ2) is 30.9. The summed E-state index contributed by atoms with van der Waals surface area (Å²) < 4.78 is 32.0. The molecule has 2 radical (unpaired) electrons. The molecule has 14 nitrogen and oxygen atoms in total. The second-order valence-electron chi connectivity index (χ2n) is 20.8. The van der Waals surface area contributed by atoms with Gasteiger partial charge in [-0.05, 0) is 133 Å². The number of hydrogen-bond donors (Lipinski definition) is 8. The van der Waals surface area contributed by atoms with Crippen molar-refractivity contribution in [2.24, 2.45) is 0 Å². The van der Waals surface area contributed by atoms with Gasteiger partial charge in [-0.1, -0.05) is 125 Å². The van der Waals surface area contributed by atoms with Crippen LogP contribution in [0, 0.1) is 11.6 Å². The molecule has 6 aromatic carbocycles. The summed E-state index contributed by atoms with van der Waals surface area (Å²) in [7, 11) is 0. The monoisotopic (exact) mass is 1160 g/mol. The van der Waals surface area contributed by atoms with Crippen LogP contribution in [0.3, 0.4) is 0 Å². The summed E-state index contributed by atoms with van der Waals surface area (Å²) in [4.78, 5) is 50.0. The van der Waals surface area contributed by atoms with Gasteiger partial charge in [0.1, 0.15) is 11.6 Å². The Kier molecular flexibility index (Phi) is 24.1. The zero-order chi connectivity index (χ0) is 59.0. The van der Waals surface area contributed by atoms with E-state index in [-0.39, 0.29) is 112 Å². The molecule has 0 unspecified atom stereocenters. The SMILES string of the molecule is CC(C)c1c(C(=O)Nc2ccccc2)c(-c2ccccc2)c(-c2ccc(F)cc2)n1CC[C@@H](O)C[C@H](O)CC(=O)O.CC(C)c1c(C(=O)Nc2ccccc2)c(-c2ccccc2)c(-c2ccc(F)cc2)n1CC[C@@H](O)C[C@H](O)CC(=O)O.[Ca]. The second-order valence-corrected chi connectivity index (χ2v) is 20.8. The van der Waals surface area contributed by atoms with Crippen molar-refractivity contribution in [2.45, 2.75) is 116 Å². The molecule has 0 saturated carbocycles.